The van der Waals surface area contributed by atoms with Crippen molar-refractivity contribution in [2.24, 2.45) is 0 Å². The van der Waals surface area contributed by atoms with Crippen molar-refractivity contribution in [3.63, 3.8) is 0 Å². The number of ketones is 1. The van der Waals surface area contributed by atoms with E-state index in [9.17, 15) is 14.4 Å². The first-order valence-corrected chi connectivity index (χ1v) is 8.28. The van der Waals surface area contributed by atoms with E-state index in [1.165, 1.54) is 6.92 Å². The molecule has 136 valence electrons. The first-order valence-electron chi connectivity index (χ1n) is 8.28. The normalized spacial score (nSPS) is 10.2. The van der Waals surface area contributed by atoms with Gasteiger partial charge in [-0.15, -0.1) is 0 Å². The van der Waals surface area contributed by atoms with E-state index in [-0.39, 0.29) is 18.1 Å². The molecule has 0 aliphatic carbocycles. The van der Waals surface area contributed by atoms with E-state index in [1.807, 2.05) is 12.1 Å². The fraction of sp³-hybridized carbons (Fsp3) is 0.250. The minimum Gasteiger partial charge on any atom is -0.494 e. The molecule has 0 radical (unpaired) electrons. The third-order valence-electron chi connectivity index (χ3n) is 3.73. The Labute approximate surface area is 151 Å². The van der Waals surface area contributed by atoms with E-state index < -0.39 is 5.97 Å². The predicted molar refractivity (Wildman–Crippen MR) is 96.4 cm³/mol. The second-order valence-corrected chi connectivity index (χ2v) is 5.81. The van der Waals surface area contributed by atoms with Gasteiger partial charge < -0.3 is 15.2 Å². The molecule has 0 spiro atoms. The van der Waals surface area contributed by atoms with Gasteiger partial charge in [0, 0.05) is 24.1 Å². The molecule has 0 bridgehead atoms. The number of ether oxygens (including phenoxy) is 1. The summed E-state index contributed by atoms with van der Waals surface area (Å²) in [5.41, 5.74) is 1.98. The molecule has 2 rings (SSSR count). The smallest absolute Gasteiger partial charge is 0.303 e. The van der Waals surface area contributed by atoms with Gasteiger partial charge in [0.25, 0.3) is 5.91 Å². The molecule has 1 amide bonds. The van der Waals surface area contributed by atoms with Crippen molar-refractivity contribution >= 4 is 17.7 Å². The van der Waals surface area contributed by atoms with Crippen molar-refractivity contribution in [2.75, 3.05) is 6.61 Å². The molecule has 2 aromatic carbocycles. The number of amides is 1. The first-order chi connectivity index (χ1) is 12.5. The summed E-state index contributed by atoms with van der Waals surface area (Å²) in [5, 5.41) is 11.4. The number of benzene rings is 2. The summed E-state index contributed by atoms with van der Waals surface area (Å²) in [6.07, 6.45) is 0.535. The molecule has 0 atom stereocenters. The molecule has 0 aromatic heterocycles. The Morgan fingerprint density at radius 2 is 1.58 bits per heavy atom. The number of Topliss-reactive ketones (excluding diaryl/α,β-unsaturated/α-hetero) is 1. The molecule has 0 aliphatic rings. The zero-order valence-electron chi connectivity index (χ0n) is 14.5. The van der Waals surface area contributed by atoms with Crippen LogP contribution in [0.3, 0.4) is 0 Å². The lowest BCUT2D eigenvalue weighted by Gasteiger charge is -2.08. The Balaban J connectivity index is 1.80. The van der Waals surface area contributed by atoms with Crippen LogP contribution in [0.2, 0.25) is 0 Å². The lowest BCUT2D eigenvalue weighted by atomic mass is 10.1. The monoisotopic (exact) mass is 355 g/mol. The Morgan fingerprint density at radius 1 is 0.962 bits per heavy atom. The summed E-state index contributed by atoms with van der Waals surface area (Å²) < 4.78 is 5.46. The summed E-state index contributed by atoms with van der Waals surface area (Å²) in [4.78, 5) is 33.8. The Kier molecular flexibility index (Phi) is 6.91. The van der Waals surface area contributed by atoms with Crippen LogP contribution in [0.5, 0.6) is 5.75 Å². The average Bonchev–Trinajstić information content (AvgIpc) is 2.64. The van der Waals surface area contributed by atoms with Crippen molar-refractivity contribution in [3.8, 4) is 5.75 Å². The van der Waals surface area contributed by atoms with Gasteiger partial charge in [-0.25, -0.2) is 0 Å². The molecule has 0 fully saturated rings. The summed E-state index contributed by atoms with van der Waals surface area (Å²) in [6.45, 7) is 2.19. The quantitative estimate of drug-likeness (QED) is 0.533. The number of carboxylic acids is 1. The van der Waals surface area contributed by atoms with Crippen LogP contribution in [0, 0.1) is 0 Å². The molecular weight excluding hydrogens is 334 g/mol. The molecule has 6 nitrogen and oxygen atoms in total. The molecule has 0 heterocycles. The predicted octanol–water partition coefficient (Wildman–Crippen LogP) is 3.06. The number of nitrogens with one attached hydrogen (secondary N) is 1. The zero-order chi connectivity index (χ0) is 18.9. The van der Waals surface area contributed by atoms with Crippen LogP contribution in [0.15, 0.2) is 48.5 Å². The van der Waals surface area contributed by atoms with Gasteiger partial charge in [0.2, 0.25) is 0 Å². The molecule has 0 saturated heterocycles. The standard InChI is InChI=1S/C20H21NO5/c1-14(22)16-6-8-17(9-7-16)20(25)21-13-15-4-10-18(11-5-15)26-12-2-3-19(23)24/h4-11H,2-3,12-13H2,1H3,(H,21,25)(H,23,24). The van der Waals surface area contributed by atoms with Crippen LogP contribution in [0.4, 0.5) is 0 Å². The largest absolute Gasteiger partial charge is 0.494 e. The highest BCUT2D eigenvalue weighted by Gasteiger charge is 2.07. The molecule has 26 heavy (non-hydrogen) atoms. The lowest BCUT2D eigenvalue weighted by molar-refractivity contribution is -0.137. The third kappa shape index (κ3) is 6.05. The topological polar surface area (TPSA) is 92.7 Å². The molecule has 6 heteroatoms. The van der Waals surface area contributed by atoms with Crippen molar-refractivity contribution < 1.29 is 24.2 Å². The van der Waals surface area contributed by atoms with Crippen molar-refractivity contribution in [1.29, 1.82) is 0 Å². The number of carbonyl (C=O) groups is 3. The molecule has 0 unspecified atom stereocenters. The highest BCUT2D eigenvalue weighted by molar-refractivity contribution is 5.97. The van der Waals surface area contributed by atoms with Crippen molar-refractivity contribution in [2.45, 2.75) is 26.3 Å². The van der Waals surface area contributed by atoms with Crippen LogP contribution in [-0.2, 0) is 11.3 Å². The number of rotatable bonds is 9. The number of aliphatic carboxylic acids is 1. The second kappa shape index (κ2) is 9.36. The maximum absolute atomic E-state index is 12.1. The van der Waals surface area contributed by atoms with Crippen LogP contribution in [-0.4, -0.2) is 29.4 Å². The van der Waals surface area contributed by atoms with E-state index in [0.717, 1.165) is 5.56 Å². The van der Waals surface area contributed by atoms with E-state index in [4.69, 9.17) is 9.84 Å². The SMILES string of the molecule is CC(=O)c1ccc(C(=O)NCc2ccc(OCCCC(=O)O)cc2)cc1. The summed E-state index contributed by atoms with van der Waals surface area (Å²) in [6, 6.07) is 13.8. The fourth-order valence-corrected chi connectivity index (χ4v) is 2.26. The fourth-order valence-electron chi connectivity index (χ4n) is 2.26. The van der Waals surface area contributed by atoms with Gasteiger partial charge in [0.15, 0.2) is 5.78 Å². The van der Waals surface area contributed by atoms with Gasteiger partial charge in [-0.2, -0.15) is 0 Å². The van der Waals surface area contributed by atoms with E-state index in [2.05, 4.69) is 5.32 Å². The van der Waals surface area contributed by atoms with Gasteiger partial charge >= 0.3 is 5.97 Å². The Hall–Kier alpha value is -3.15. The molecule has 0 saturated carbocycles. The highest BCUT2D eigenvalue weighted by atomic mass is 16.5. The van der Waals surface area contributed by atoms with Crippen molar-refractivity contribution in [3.05, 3.63) is 65.2 Å². The van der Waals surface area contributed by atoms with Gasteiger partial charge in [-0.05, 0) is 43.2 Å². The van der Waals surface area contributed by atoms with Crippen LogP contribution < -0.4 is 10.1 Å². The summed E-state index contributed by atoms with van der Waals surface area (Å²) >= 11 is 0. The van der Waals surface area contributed by atoms with E-state index >= 15 is 0 Å². The van der Waals surface area contributed by atoms with Crippen LogP contribution >= 0.6 is 0 Å². The highest BCUT2D eigenvalue weighted by Crippen LogP contribution is 2.13. The molecular formula is C20H21NO5. The average molecular weight is 355 g/mol. The first kappa shape index (κ1) is 19.2. The van der Waals surface area contributed by atoms with Crippen LogP contribution in [0.1, 0.15) is 46.0 Å². The Morgan fingerprint density at radius 3 is 2.15 bits per heavy atom. The third-order valence-corrected chi connectivity index (χ3v) is 3.73. The number of hydrogen-bond donors (Lipinski definition) is 2. The van der Waals surface area contributed by atoms with Gasteiger partial charge in [-0.3, -0.25) is 14.4 Å². The van der Waals surface area contributed by atoms with Gasteiger partial charge in [-0.1, -0.05) is 24.3 Å². The van der Waals surface area contributed by atoms with Crippen molar-refractivity contribution in [1.82, 2.24) is 5.32 Å². The molecule has 2 N–H and O–H groups in total. The summed E-state index contributed by atoms with van der Waals surface area (Å²) in [7, 11) is 0. The van der Waals surface area contributed by atoms with E-state index in [1.54, 1.807) is 36.4 Å². The number of hydrogen-bond acceptors (Lipinski definition) is 4. The Bertz CT molecular complexity index is 766. The maximum atomic E-state index is 12.1. The molecule has 0 aliphatic heterocycles. The maximum Gasteiger partial charge on any atom is 0.303 e. The van der Waals surface area contributed by atoms with Crippen LogP contribution in [0.25, 0.3) is 0 Å². The van der Waals surface area contributed by atoms with Gasteiger partial charge in [0.1, 0.15) is 5.75 Å². The zero-order valence-corrected chi connectivity index (χ0v) is 14.5. The second-order valence-electron chi connectivity index (χ2n) is 5.81. The lowest BCUT2D eigenvalue weighted by Crippen LogP contribution is -2.22. The number of carbonyl (C=O) groups excluding carboxylic acids is 2. The molecule has 2 aromatic rings. The van der Waals surface area contributed by atoms with Gasteiger partial charge in [0.05, 0.1) is 6.61 Å². The minimum absolute atomic E-state index is 0.0396. The number of carboxylic acid groups (broad SMARTS) is 1. The minimum atomic E-state index is -0.837. The van der Waals surface area contributed by atoms with E-state index in [0.29, 0.717) is 36.4 Å². The summed E-state index contributed by atoms with van der Waals surface area (Å²) in [5.74, 6) is -0.433.